The Labute approximate surface area is 86.3 Å². The first kappa shape index (κ1) is 11.2. The van der Waals surface area contributed by atoms with E-state index in [-0.39, 0.29) is 0 Å². The molecule has 0 spiro atoms. The van der Waals surface area contributed by atoms with Crippen LogP contribution in [0.2, 0.25) is 0 Å². The molecule has 2 N–H and O–H groups in total. The molecule has 0 bridgehead atoms. The summed E-state index contributed by atoms with van der Waals surface area (Å²) in [4.78, 5) is 0. The first-order valence-corrected chi connectivity index (χ1v) is 5.34. The number of nitrogens with zero attached hydrogens (tertiary/aromatic N) is 2. The Kier molecular flexibility index (Phi) is 3.69. The number of aryl methyl sites for hydroxylation is 1. The minimum Gasteiger partial charge on any atom is -0.328 e. The second-order valence-corrected chi connectivity index (χ2v) is 3.92. The highest BCUT2D eigenvalue weighted by Crippen LogP contribution is 2.18. The van der Waals surface area contributed by atoms with Crippen molar-refractivity contribution < 1.29 is 0 Å². The summed E-state index contributed by atoms with van der Waals surface area (Å²) in [7, 11) is 0. The lowest BCUT2D eigenvalue weighted by Gasteiger charge is -2.16. The van der Waals surface area contributed by atoms with E-state index in [1.54, 1.807) is 0 Å². The minimum atomic E-state index is 0.368. The van der Waals surface area contributed by atoms with E-state index in [1.807, 2.05) is 0 Å². The van der Waals surface area contributed by atoms with Gasteiger partial charge in [-0.1, -0.05) is 13.3 Å². The second kappa shape index (κ2) is 4.60. The van der Waals surface area contributed by atoms with Gasteiger partial charge in [0.2, 0.25) is 0 Å². The van der Waals surface area contributed by atoms with Crippen LogP contribution in [0.3, 0.4) is 0 Å². The van der Waals surface area contributed by atoms with Gasteiger partial charge in [-0.15, -0.1) is 0 Å². The predicted molar refractivity (Wildman–Crippen MR) is 59.4 cm³/mol. The van der Waals surface area contributed by atoms with E-state index in [0.717, 1.165) is 18.5 Å². The molecule has 1 heterocycles. The van der Waals surface area contributed by atoms with Gasteiger partial charge in [0.15, 0.2) is 0 Å². The fourth-order valence-corrected chi connectivity index (χ4v) is 1.77. The van der Waals surface area contributed by atoms with Crippen LogP contribution < -0.4 is 5.73 Å². The van der Waals surface area contributed by atoms with Crippen LogP contribution in [0.15, 0.2) is 0 Å². The van der Waals surface area contributed by atoms with E-state index in [0.29, 0.717) is 12.6 Å². The van der Waals surface area contributed by atoms with Gasteiger partial charge >= 0.3 is 0 Å². The van der Waals surface area contributed by atoms with Gasteiger partial charge in [0.1, 0.15) is 0 Å². The first-order chi connectivity index (χ1) is 6.61. The van der Waals surface area contributed by atoms with Crippen molar-refractivity contribution in [2.75, 3.05) is 6.54 Å². The van der Waals surface area contributed by atoms with Gasteiger partial charge in [-0.3, -0.25) is 4.68 Å². The van der Waals surface area contributed by atoms with Crippen molar-refractivity contribution in [2.45, 2.75) is 46.6 Å². The smallest absolute Gasteiger partial charge is 0.0644 e. The van der Waals surface area contributed by atoms with Crippen LogP contribution >= 0.6 is 0 Å². The van der Waals surface area contributed by atoms with Crippen LogP contribution in [-0.2, 0) is 0 Å². The Balaban J connectivity index is 2.98. The molecule has 3 nitrogen and oxygen atoms in total. The number of nitrogens with two attached hydrogens (primary N) is 1. The first-order valence-electron chi connectivity index (χ1n) is 5.34. The molecule has 80 valence electrons. The van der Waals surface area contributed by atoms with E-state index < -0.39 is 0 Å². The van der Waals surface area contributed by atoms with E-state index >= 15 is 0 Å². The molecule has 1 rings (SSSR count). The number of aromatic nitrogens is 2. The van der Waals surface area contributed by atoms with Crippen molar-refractivity contribution in [2.24, 2.45) is 5.73 Å². The third kappa shape index (κ3) is 1.98. The highest BCUT2D eigenvalue weighted by atomic mass is 15.3. The lowest BCUT2D eigenvalue weighted by molar-refractivity contribution is 0.419. The van der Waals surface area contributed by atoms with Crippen LogP contribution in [-0.4, -0.2) is 16.3 Å². The summed E-state index contributed by atoms with van der Waals surface area (Å²) in [6.07, 6.45) is 2.26. The molecule has 1 aromatic heterocycles. The SMILES string of the molecule is CCCC(CN)n1nc(C)c(C)c1C. The normalized spacial score (nSPS) is 13.2. The molecule has 14 heavy (non-hydrogen) atoms. The van der Waals surface area contributed by atoms with Crippen LogP contribution in [0.1, 0.15) is 42.8 Å². The van der Waals surface area contributed by atoms with E-state index in [2.05, 4.69) is 37.5 Å². The molecule has 0 aliphatic heterocycles. The largest absolute Gasteiger partial charge is 0.328 e. The van der Waals surface area contributed by atoms with Crippen molar-refractivity contribution >= 4 is 0 Å². The second-order valence-electron chi connectivity index (χ2n) is 3.92. The molecule has 1 unspecified atom stereocenters. The Morgan fingerprint density at radius 2 is 2.00 bits per heavy atom. The van der Waals surface area contributed by atoms with Crippen LogP contribution in [0.5, 0.6) is 0 Å². The average Bonchev–Trinajstić information content (AvgIpc) is 2.42. The van der Waals surface area contributed by atoms with Gasteiger partial charge in [-0.2, -0.15) is 5.10 Å². The maximum Gasteiger partial charge on any atom is 0.0644 e. The van der Waals surface area contributed by atoms with Crippen molar-refractivity contribution in [1.29, 1.82) is 0 Å². The highest BCUT2D eigenvalue weighted by molar-refractivity contribution is 5.22. The van der Waals surface area contributed by atoms with Gasteiger partial charge < -0.3 is 5.73 Å². The van der Waals surface area contributed by atoms with Gasteiger partial charge in [0, 0.05) is 12.2 Å². The van der Waals surface area contributed by atoms with Gasteiger partial charge in [0.05, 0.1) is 11.7 Å². The lowest BCUT2D eigenvalue weighted by Crippen LogP contribution is -2.21. The summed E-state index contributed by atoms with van der Waals surface area (Å²) < 4.78 is 2.09. The third-order valence-electron chi connectivity index (χ3n) is 2.93. The molecular formula is C11H21N3. The van der Waals surface area contributed by atoms with Crippen LogP contribution in [0.4, 0.5) is 0 Å². The van der Waals surface area contributed by atoms with Crippen molar-refractivity contribution in [1.82, 2.24) is 9.78 Å². The zero-order chi connectivity index (χ0) is 10.7. The molecule has 0 radical (unpaired) electrons. The molecule has 0 saturated heterocycles. The summed E-state index contributed by atoms with van der Waals surface area (Å²) >= 11 is 0. The predicted octanol–water partition coefficient (Wildman–Crippen LogP) is 2.11. The Hall–Kier alpha value is -0.830. The number of rotatable bonds is 4. The molecule has 3 heteroatoms. The third-order valence-corrected chi connectivity index (χ3v) is 2.93. The summed E-state index contributed by atoms with van der Waals surface area (Å²) in [6.45, 7) is 9.15. The average molecular weight is 195 g/mol. The van der Waals surface area contributed by atoms with Crippen LogP contribution in [0.25, 0.3) is 0 Å². The highest BCUT2D eigenvalue weighted by Gasteiger charge is 2.14. The summed E-state index contributed by atoms with van der Waals surface area (Å²) in [5.74, 6) is 0. The Bertz CT molecular complexity index is 302. The topological polar surface area (TPSA) is 43.8 Å². The van der Waals surface area contributed by atoms with Crippen molar-refractivity contribution in [3.05, 3.63) is 17.0 Å². The van der Waals surface area contributed by atoms with Crippen molar-refractivity contribution in [3.63, 3.8) is 0 Å². The Morgan fingerprint density at radius 1 is 1.36 bits per heavy atom. The fraction of sp³-hybridized carbons (Fsp3) is 0.727. The summed E-state index contributed by atoms with van der Waals surface area (Å²) in [5.41, 5.74) is 9.43. The quantitative estimate of drug-likeness (QED) is 0.799. The number of hydrogen-bond acceptors (Lipinski definition) is 2. The lowest BCUT2D eigenvalue weighted by atomic mass is 10.1. The van der Waals surface area contributed by atoms with Gasteiger partial charge in [0.25, 0.3) is 0 Å². The Morgan fingerprint density at radius 3 is 2.36 bits per heavy atom. The molecule has 0 fully saturated rings. The van der Waals surface area contributed by atoms with Crippen LogP contribution in [0, 0.1) is 20.8 Å². The van der Waals surface area contributed by atoms with E-state index in [9.17, 15) is 0 Å². The summed E-state index contributed by atoms with van der Waals surface area (Å²) in [6, 6.07) is 0.368. The molecule has 0 aromatic carbocycles. The molecule has 0 amide bonds. The minimum absolute atomic E-state index is 0.368. The van der Waals surface area contributed by atoms with Gasteiger partial charge in [-0.05, 0) is 32.8 Å². The summed E-state index contributed by atoms with van der Waals surface area (Å²) in [5, 5.41) is 4.54. The fourth-order valence-electron chi connectivity index (χ4n) is 1.77. The molecule has 1 atom stereocenters. The molecule has 0 saturated carbocycles. The van der Waals surface area contributed by atoms with Gasteiger partial charge in [-0.25, -0.2) is 0 Å². The molecular weight excluding hydrogens is 174 g/mol. The van der Waals surface area contributed by atoms with E-state index in [4.69, 9.17) is 5.73 Å². The van der Waals surface area contributed by atoms with E-state index in [1.165, 1.54) is 11.3 Å². The maximum absolute atomic E-state index is 5.76. The molecule has 0 aliphatic carbocycles. The zero-order valence-electron chi connectivity index (χ0n) is 9.67. The standard InChI is InChI=1S/C11H21N3/c1-5-6-11(7-12)14-10(4)8(2)9(3)13-14/h11H,5-7,12H2,1-4H3. The zero-order valence-corrected chi connectivity index (χ0v) is 9.67. The molecule has 1 aromatic rings. The molecule has 0 aliphatic rings. The number of hydrogen-bond donors (Lipinski definition) is 1. The van der Waals surface area contributed by atoms with Crippen molar-refractivity contribution in [3.8, 4) is 0 Å². The monoisotopic (exact) mass is 195 g/mol. The maximum atomic E-state index is 5.76.